The Kier molecular flexibility index (Phi) is 12.5. The molecule has 5 atom stereocenters. The van der Waals surface area contributed by atoms with Gasteiger partial charge in [-0.3, -0.25) is 24.4 Å². The zero-order chi connectivity index (χ0) is 45.7. The normalized spacial score (nSPS) is 23.3. The number of carbonyl (C=O) groups excluding carboxylic acids is 3. The largest absolute Gasteiger partial charge is 0.464 e. The van der Waals surface area contributed by atoms with Crippen LogP contribution in [0.2, 0.25) is 0 Å². The van der Waals surface area contributed by atoms with Gasteiger partial charge in [-0.2, -0.15) is 4.39 Å². The Morgan fingerprint density at radius 1 is 1.11 bits per heavy atom. The second-order valence-corrected chi connectivity index (χ2v) is 19.7. The smallest absolute Gasteiger partial charge is 0.324 e. The molecule has 0 spiro atoms. The number of ether oxygens (including phenoxy) is 2. The Labute approximate surface area is 381 Å². The van der Waals surface area contributed by atoms with Crippen molar-refractivity contribution in [2.45, 2.75) is 90.4 Å². The number of thiazole rings is 1. The van der Waals surface area contributed by atoms with E-state index >= 15 is 4.39 Å². The Bertz CT molecular complexity index is 2630. The zero-order valence-electron chi connectivity index (χ0n) is 37.8. The molecule has 344 valence electrons. The van der Waals surface area contributed by atoms with Crippen LogP contribution in [0, 0.1) is 23.1 Å². The summed E-state index contributed by atoms with van der Waals surface area (Å²) in [5.74, 6) is -3.30. The summed E-state index contributed by atoms with van der Waals surface area (Å²) in [6.45, 7) is 12.5. The second-order valence-electron chi connectivity index (χ2n) is 18.7. The van der Waals surface area contributed by atoms with Crippen molar-refractivity contribution in [3.63, 3.8) is 0 Å². The average Bonchev–Trinajstić information content (AvgIpc) is 3.88. The van der Waals surface area contributed by atoms with Crippen LogP contribution in [0.1, 0.15) is 80.8 Å². The SMILES string of the molecule is CCc1c(-c2cc(N3CCN(C)CC3)cnc2[C@H](C)OC)n2c3cc(c(F)cc13)-c1csc(n1)C[C@H](NC(=O)[C@H]1C[C@@H]1c1cccnc1F)C(=O)N1CCC[C@H](N1)C(=O)OCC(C)(C)C2. The minimum Gasteiger partial charge on any atom is -0.464 e. The zero-order valence-corrected chi connectivity index (χ0v) is 38.6. The molecule has 7 heterocycles. The van der Waals surface area contributed by atoms with Crippen LogP contribution in [-0.4, -0.2) is 113 Å². The van der Waals surface area contributed by atoms with Gasteiger partial charge in [-0.25, -0.2) is 19.8 Å². The summed E-state index contributed by atoms with van der Waals surface area (Å²) in [4.78, 5) is 60.4. The van der Waals surface area contributed by atoms with Crippen LogP contribution in [0.25, 0.3) is 33.4 Å². The number of hydrogen-bond donors (Lipinski definition) is 2. The van der Waals surface area contributed by atoms with Gasteiger partial charge >= 0.3 is 5.97 Å². The number of carbonyl (C=O) groups is 3. The van der Waals surface area contributed by atoms with Crippen LogP contribution >= 0.6 is 11.3 Å². The number of pyridine rings is 2. The topological polar surface area (TPSA) is 147 Å². The average molecular weight is 910 g/mol. The predicted octanol–water partition coefficient (Wildman–Crippen LogP) is 6.43. The van der Waals surface area contributed by atoms with Crippen molar-refractivity contribution in [1.29, 1.82) is 0 Å². The Morgan fingerprint density at radius 2 is 1.91 bits per heavy atom. The maximum atomic E-state index is 16.8. The Hall–Kier alpha value is -5.36. The van der Waals surface area contributed by atoms with Crippen molar-refractivity contribution in [3.8, 4) is 22.5 Å². The van der Waals surface area contributed by atoms with E-state index in [2.05, 4.69) is 50.1 Å². The van der Waals surface area contributed by atoms with Crippen LogP contribution in [-0.2, 0) is 43.2 Å². The molecule has 14 nitrogen and oxygen atoms in total. The highest BCUT2D eigenvalue weighted by Gasteiger charge is 2.47. The van der Waals surface area contributed by atoms with Gasteiger partial charge in [-0.15, -0.1) is 11.3 Å². The van der Waals surface area contributed by atoms with Crippen LogP contribution < -0.4 is 15.6 Å². The predicted molar refractivity (Wildman–Crippen MR) is 244 cm³/mol. The van der Waals surface area contributed by atoms with Crippen molar-refractivity contribution in [2.75, 3.05) is 58.4 Å². The van der Waals surface area contributed by atoms with Crippen LogP contribution in [0.5, 0.6) is 0 Å². The number of nitrogens with one attached hydrogen (secondary N) is 2. The summed E-state index contributed by atoms with van der Waals surface area (Å²) in [5, 5.41) is 7.37. The van der Waals surface area contributed by atoms with E-state index in [4.69, 9.17) is 19.4 Å². The van der Waals surface area contributed by atoms with Gasteiger partial charge in [0.1, 0.15) is 17.9 Å². The lowest BCUT2D eigenvalue weighted by Crippen LogP contribution is -2.60. The molecular formula is C48H57F2N9O5S. The number of esters is 1. The molecule has 65 heavy (non-hydrogen) atoms. The number of nitrogens with zero attached hydrogens (tertiary/aromatic N) is 7. The number of benzene rings is 1. The van der Waals surface area contributed by atoms with Gasteiger partial charge in [0, 0.05) is 109 Å². The molecule has 6 bridgehead atoms. The summed E-state index contributed by atoms with van der Waals surface area (Å²) < 4.78 is 45.6. The lowest BCUT2D eigenvalue weighted by atomic mass is 9.93. The quantitative estimate of drug-likeness (QED) is 0.131. The van der Waals surface area contributed by atoms with Gasteiger partial charge in [-0.1, -0.05) is 26.8 Å². The molecule has 5 aromatic rings. The number of rotatable bonds is 8. The number of cyclic esters (lactones) is 1. The molecule has 2 saturated heterocycles. The van der Waals surface area contributed by atoms with Gasteiger partial charge < -0.3 is 29.2 Å². The monoisotopic (exact) mass is 909 g/mol. The minimum atomic E-state index is -1.08. The standard InChI is InChI=1S/C48H57F2N9O5S/c1-7-29-32-20-36(49)34-21-40(32)58(43(29)35-18-28(23-52-42(35)27(2)63-6)57-16-14-56(5)15-17-57)25-48(3,4)26-64-47(62)37-11-9-13-59(55-37)46(61)38(22-41-53-39(34)24-65-41)54-45(60)33-19-31(33)30-10-8-12-51-44(30)50/h8,10,12,18,20-21,23-24,27,31,33,37-38,55H,7,9,11,13-17,19,22,25-26H2,1-6H3,(H,54,60)/t27-,31+,33-,37-,38-/m0/s1. The van der Waals surface area contributed by atoms with Crippen LogP contribution in [0.4, 0.5) is 14.5 Å². The molecule has 1 saturated carbocycles. The number of aryl methyl sites for hydroxylation is 1. The van der Waals surface area contributed by atoms with Gasteiger partial charge in [0.05, 0.1) is 46.7 Å². The fourth-order valence-electron chi connectivity index (χ4n) is 9.62. The first-order valence-electron chi connectivity index (χ1n) is 22.6. The van der Waals surface area contributed by atoms with Gasteiger partial charge in [-0.05, 0) is 69.5 Å². The first kappa shape index (κ1) is 44.8. The van der Waals surface area contributed by atoms with Crippen LogP contribution in [0.15, 0.2) is 48.1 Å². The number of anilines is 1. The van der Waals surface area contributed by atoms with E-state index in [1.165, 1.54) is 22.5 Å². The maximum absolute atomic E-state index is 16.8. The van der Waals surface area contributed by atoms with Crippen LogP contribution in [0.3, 0.4) is 0 Å². The Balaban J connectivity index is 1.14. The Morgan fingerprint density at radius 3 is 2.66 bits per heavy atom. The van der Waals surface area contributed by atoms with Gasteiger partial charge in [0.15, 0.2) is 0 Å². The van der Waals surface area contributed by atoms with Gasteiger partial charge in [0.2, 0.25) is 11.9 Å². The van der Waals surface area contributed by atoms with Gasteiger partial charge in [0.25, 0.3) is 5.91 Å². The molecule has 3 aliphatic heterocycles. The first-order chi connectivity index (χ1) is 31.2. The fraction of sp³-hybridized carbons (Fsp3) is 0.500. The van der Waals surface area contributed by atoms with Crippen molar-refractivity contribution in [2.24, 2.45) is 11.3 Å². The van der Waals surface area contributed by atoms with E-state index in [0.29, 0.717) is 60.6 Å². The maximum Gasteiger partial charge on any atom is 0.324 e. The molecule has 9 rings (SSSR count). The number of aromatic nitrogens is 4. The van der Waals surface area contributed by atoms with E-state index in [9.17, 15) is 18.8 Å². The molecule has 2 N–H and O–H groups in total. The number of likely N-dealkylation sites (N-methyl/N-ethyl adjacent to an activating group) is 1. The van der Waals surface area contributed by atoms with Crippen molar-refractivity contribution >= 4 is 45.7 Å². The third-order valence-electron chi connectivity index (χ3n) is 13.4. The van der Waals surface area contributed by atoms with E-state index in [1.54, 1.807) is 30.7 Å². The molecule has 1 aliphatic carbocycles. The molecule has 1 aromatic carbocycles. The lowest BCUT2D eigenvalue weighted by molar-refractivity contribution is -0.155. The summed E-state index contributed by atoms with van der Waals surface area (Å²) in [7, 11) is 3.80. The lowest BCUT2D eigenvalue weighted by Gasteiger charge is -2.35. The number of amides is 2. The van der Waals surface area contributed by atoms with E-state index in [0.717, 1.165) is 65.3 Å². The summed E-state index contributed by atoms with van der Waals surface area (Å²) >= 11 is 1.27. The summed E-state index contributed by atoms with van der Waals surface area (Å²) in [5.41, 5.74) is 8.83. The number of methoxy groups -OCH3 is 1. The highest BCUT2D eigenvalue weighted by Crippen LogP contribution is 2.48. The van der Waals surface area contributed by atoms with E-state index in [-0.39, 0.29) is 25.0 Å². The number of hydrazine groups is 1. The molecule has 4 aromatic heterocycles. The molecule has 4 aliphatic rings. The molecule has 3 fully saturated rings. The van der Waals surface area contributed by atoms with Crippen molar-refractivity contribution in [3.05, 3.63) is 81.7 Å². The molecular weight excluding hydrogens is 853 g/mol. The fourth-order valence-corrected chi connectivity index (χ4v) is 10.5. The van der Waals surface area contributed by atoms with Crippen molar-refractivity contribution < 1.29 is 32.6 Å². The first-order valence-corrected chi connectivity index (χ1v) is 23.5. The number of hydrogen-bond acceptors (Lipinski definition) is 12. The summed E-state index contributed by atoms with van der Waals surface area (Å²) in [6, 6.07) is 7.01. The molecule has 17 heteroatoms. The van der Waals surface area contributed by atoms with E-state index < -0.39 is 53.0 Å². The number of halogens is 2. The molecule has 0 radical (unpaired) electrons. The van der Waals surface area contributed by atoms with Crippen molar-refractivity contribution in [1.82, 2.24) is 40.2 Å². The third-order valence-corrected chi connectivity index (χ3v) is 14.3. The number of piperazine rings is 1. The number of fused-ring (bicyclic) bond motifs is 6. The highest BCUT2D eigenvalue weighted by molar-refractivity contribution is 7.10. The minimum absolute atomic E-state index is 0.0108. The second kappa shape index (κ2) is 18.1. The summed E-state index contributed by atoms with van der Waals surface area (Å²) in [6.07, 6.45) is 4.93. The molecule has 2 amide bonds. The van der Waals surface area contributed by atoms with E-state index in [1.807, 2.05) is 33.0 Å². The molecule has 0 unspecified atom stereocenters. The third kappa shape index (κ3) is 8.99. The highest BCUT2D eigenvalue weighted by atomic mass is 32.1.